The first-order valence-electron chi connectivity index (χ1n) is 9.19. The summed E-state index contributed by atoms with van der Waals surface area (Å²) in [6, 6.07) is 10.3. The highest BCUT2D eigenvalue weighted by atomic mass is 19.4. The molecule has 0 saturated heterocycles. The fourth-order valence-corrected chi connectivity index (χ4v) is 3.07. The summed E-state index contributed by atoms with van der Waals surface area (Å²) in [5, 5.41) is 0. The molecule has 0 aliphatic carbocycles. The number of halogens is 3. The Morgan fingerprint density at radius 1 is 1.04 bits per heavy atom. The second-order valence-electron chi connectivity index (χ2n) is 7.00. The minimum atomic E-state index is -4.38. The molecule has 0 aliphatic rings. The number of carbonyl (C=O) groups is 1. The van der Waals surface area contributed by atoms with Crippen molar-refractivity contribution in [3.05, 3.63) is 53.6 Å². The summed E-state index contributed by atoms with van der Waals surface area (Å²) in [5.41, 5.74) is 1.32. The second kappa shape index (κ2) is 9.13. The highest BCUT2D eigenvalue weighted by molar-refractivity contribution is 5.79. The van der Waals surface area contributed by atoms with Crippen molar-refractivity contribution in [2.45, 2.75) is 39.3 Å². The summed E-state index contributed by atoms with van der Waals surface area (Å²) in [4.78, 5) is 12.3. The summed E-state index contributed by atoms with van der Waals surface area (Å²) in [6.45, 7) is 6.30. The Labute approximate surface area is 163 Å². The van der Waals surface area contributed by atoms with Crippen LogP contribution in [0.5, 0.6) is 5.75 Å². The van der Waals surface area contributed by atoms with Gasteiger partial charge in [-0.25, -0.2) is 0 Å². The van der Waals surface area contributed by atoms with E-state index in [9.17, 15) is 18.0 Å². The van der Waals surface area contributed by atoms with Gasteiger partial charge in [0.1, 0.15) is 5.75 Å². The largest absolute Gasteiger partial charge is 0.494 e. The fraction of sp³-hybridized carbons (Fsp3) is 0.409. The van der Waals surface area contributed by atoms with Crippen LogP contribution in [0.1, 0.15) is 44.2 Å². The average Bonchev–Trinajstić information content (AvgIpc) is 2.64. The SMILES string of the molecule is CCOc1cc(-c2ccc(C(F)(F)F)cc2)cc(C(CC(C)C)C(=O)OC)c1. The van der Waals surface area contributed by atoms with E-state index < -0.39 is 17.7 Å². The van der Waals surface area contributed by atoms with Crippen LogP contribution in [0.25, 0.3) is 11.1 Å². The summed E-state index contributed by atoms with van der Waals surface area (Å²) in [7, 11) is 1.35. The van der Waals surface area contributed by atoms with Crippen molar-refractivity contribution in [1.82, 2.24) is 0 Å². The molecule has 0 spiro atoms. The van der Waals surface area contributed by atoms with E-state index in [2.05, 4.69) is 0 Å². The second-order valence-corrected chi connectivity index (χ2v) is 7.00. The molecule has 0 aromatic heterocycles. The minimum absolute atomic E-state index is 0.259. The maximum Gasteiger partial charge on any atom is 0.416 e. The standard InChI is InChI=1S/C22H25F3O3/c1-5-28-19-12-16(15-6-8-18(9-7-15)22(23,24)25)11-17(13-19)20(10-14(2)3)21(26)27-4/h6-9,11-14,20H,5,10H2,1-4H3. The Morgan fingerprint density at radius 2 is 1.68 bits per heavy atom. The van der Waals surface area contributed by atoms with Gasteiger partial charge in [0.25, 0.3) is 0 Å². The van der Waals surface area contributed by atoms with Crippen molar-refractivity contribution in [2.24, 2.45) is 5.92 Å². The van der Waals surface area contributed by atoms with E-state index in [-0.39, 0.29) is 11.9 Å². The van der Waals surface area contributed by atoms with Crippen molar-refractivity contribution in [2.75, 3.05) is 13.7 Å². The van der Waals surface area contributed by atoms with Gasteiger partial charge in [0, 0.05) is 0 Å². The van der Waals surface area contributed by atoms with Crippen molar-refractivity contribution in [1.29, 1.82) is 0 Å². The van der Waals surface area contributed by atoms with Crippen LogP contribution in [-0.4, -0.2) is 19.7 Å². The molecular formula is C22H25F3O3. The molecule has 0 amide bonds. The van der Waals surface area contributed by atoms with Gasteiger partial charge in [-0.2, -0.15) is 13.2 Å². The highest BCUT2D eigenvalue weighted by Gasteiger charge is 2.30. The molecule has 0 radical (unpaired) electrons. The van der Waals surface area contributed by atoms with Gasteiger partial charge < -0.3 is 9.47 Å². The molecule has 2 aromatic rings. The first-order valence-corrected chi connectivity index (χ1v) is 9.19. The van der Waals surface area contributed by atoms with E-state index in [0.29, 0.717) is 29.9 Å². The van der Waals surface area contributed by atoms with Crippen LogP contribution in [0, 0.1) is 5.92 Å². The van der Waals surface area contributed by atoms with Crippen LogP contribution in [0.15, 0.2) is 42.5 Å². The molecule has 0 bridgehead atoms. The number of rotatable bonds is 7. The number of ether oxygens (including phenoxy) is 2. The molecule has 0 saturated carbocycles. The predicted octanol–water partition coefficient (Wildman–Crippen LogP) is 6.07. The lowest BCUT2D eigenvalue weighted by molar-refractivity contribution is -0.143. The summed E-state index contributed by atoms with van der Waals surface area (Å²) < 4.78 is 49.1. The average molecular weight is 394 g/mol. The van der Waals surface area contributed by atoms with E-state index in [4.69, 9.17) is 9.47 Å². The van der Waals surface area contributed by atoms with Gasteiger partial charge >= 0.3 is 12.1 Å². The molecule has 6 heteroatoms. The van der Waals surface area contributed by atoms with Crippen LogP contribution in [0.2, 0.25) is 0 Å². The fourth-order valence-electron chi connectivity index (χ4n) is 3.07. The Bertz CT molecular complexity index is 796. The normalized spacial score (nSPS) is 12.7. The molecule has 0 fully saturated rings. The number of methoxy groups -OCH3 is 1. The van der Waals surface area contributed by atoms with Crippen LogP contribution in [0.4, 0.5) is 13.2 Å². The van der Waals surface area contributed by atoms with Gasteiger partial charge in [-0.15, -0.1) is 0 Å². The maximum atomic E-state index is 12.8. The first kappa shape index (κ1) is 21.8. The van der Waals surface area contributed by atoms with Crippen LogP contribution >= 0.6 is 0 Å². The van der Waals surface area contributed by atoms with E-state index in [0.717, 1.165) is 17.7 Å². The first-order chi connectivity index (χ1) is 13.2. The molecular weight excluding hydrogens is 369 g/mol. The number of hydrogen-bond donors (Lipinski definition) is 0. The molecule has 3 nitrogen and oxygen atoms in total. The van der Waals surface area contributed by atoms with Gasteiger partial charge in [-0.1, -0.05) is 32.0 Å². The molecule has 2 rings (SSSR count). The lowest BCUT2D eigenvalue weighted by Gasteiger charge is -2.19. The Hall–Kier alpha value is -2.50. The molecule has 152 valence electrons. The zero-order chi connectivity index (χ0) is 20.9. The van der Waals surface area contributed by atoms with Crippen LogP contribution in [0.3, 0.4) is 0 Å². The molecule has 2 aromatic carbocycles. The van der Waals surface area contributed by atoms with E-state index in [1.54, 1.807) is 12.1 Å². The van der Waals surface area contributed by atoms with Crippen molar-refractivity contribution in [3.8, 4) is 16.9 Å². The smallest absolute Gasteiger partial charge is 0.416 e. The number of hydrogen-bond acceptors (Lipinski definition) is 3. The number of carbonyl (C=O) groups excluding carboxylic acids is 1. The van der Waals surface area contributed by atoms with Crippen LogP contribution < -0.4 is 4.74 Å². The third kappa shape index (κ3) is 5.50. The molecule has 0 N–H and O–H groups in total. The zero-order valence-corrected chi connectivity index (χ0v) is 16.5. The van der Waals surface area contributed by atoms with Gasteiger partial charge in [-0.05, 0) is 60.2 Å². The predicted molar refractivity (Wildman–Crippen MR) is 102 cm³/mol. The van der Waals surface area contributed by atoms with Crippen molar-refractivity contribution < 1.29 is 27.4 Å². The minimum Gasteiger partial charge on any atom is -0.494 e. The summed E-state index contributed by atoms with van der Waals surface area (Å²) in [6.07, 6.45) is -3.79. The van der Waals surface area contributed by atoms with Crippen molar-refractivity contribution in [3.63, 3.8) is 0 Å². The van der Waals surface area contributed by atoms with Gasteiger partial charge in [0.15, 0.2) is 0 Å². The summed E-state index contributed by atoms with van der Waals surface area (Å²) in [5.74, 6) is 0.00116. The lowest BCUT2D eigenvalue weighted by Crippen LogP contribution is -2.16. The van der Waals surface area contributed by atoms with E-state index in [1.165, 1.54) is 19.2 Å². The quantitative estimate of drug-likeness (QED) is 0.535. The molecule has 1 unspecified atom stereocenters. The third-order valence-electron chi connectivity index (χ3n) is 4.38. The van der Waals surface area contributed by atoms with Gasteiger partial charge in [-0.3, -0.25) is 4.79 Å². The van der Waals surface area contributed by atoms with E-state index >= 15 is 0 Å². The molecule has 1 atom stereocenters. The third-order valence-corrected chi connectivity index (χ3v) is 4.38. The van der Waals surface area contributed by atoms with E-state index in [1.807, 2.05) is 26.8 Å². The topological polar surface area (TPSA) is 35.5 Å². The van der Waals surface area contributed by atoms with Gasteiger partial charge in [0.2, 0.25) is 0 Å². The number of alkyl halides is 3. The maximum absolute atomic E-state index is 12.8. The monoisotopic (exact) mass is 394 g/mol. The Kier molecular flexibility index (Phi) is 7.11. The van der Waals surface area contributed by atoms with Crippen LogP contribution in [-0.2, 0) is 15.7 Å². The Balaban J connectivity index is 2.51. The molecule has 0 heterocycles. The van der Waals surface area contributed by atoms with Crippen molar-refractivity contribution >= 4 is 5.97 Å². The summed E-state index contributed by atoms with van der Waals surface area (Å²) >= 11 is 0. The highest BCUT2D eigenvalue weighted by Crippen LogP contribution is 2.35. The lowest BCUT2D eigenvalue weighted by atomic mass is 9.88. The molecule has 28 heavy (non-hydrogen) atoms. The molecule has 0 aliphatic heterocycles. The number of benzene rings is 2. The van der Waals surface area contributed by atoms with Gasteiger partial charge in [0.05, 0.1) is 25.2 Å². The Morgan fingerprint density at radius 3 is 2.18 bits per heavy atom. The zero-order valence-electron chi connectivity index (χ0n) is 16.5. The number of esters is 1.